The zero-order valence-corrected chi connectivity index (χ0v) is 15.6. The van der Waals surface area contributed by atoms with Gasteiger partial charge in [-0.05, 0) is 56.2 Å². The molecule has 2 aliphatic rings. The quantitative estimate of drug-likeness (QED) is 0.890. The highest BCUT2D eigenvalue weighted by Gasteiger charge is 2.16. The van der Waals surface area contributed by atoms with Gasteiger partial charge in [0.1, 0.15) is 18.0 Å². The van der Waals surface area contributed by atoms with Crippen LogP contribution in [0.15, 0.2) is 24.4 Å². The van der Waals surface area contributed by atoms with Gasteiger partial charge in [0, 0.05) is 31.2 Å². The predicted octanol–water partition coefficient (Wildman–Crippen LogP) is 3.72. The molecule has 3 heterocycles. The summed E-state index contributed by atoms with van der Waals surface area (Å²) in [7, 11) is 0. The van der Waals surface area contributed by atoms with Crippen molar-refractivity contribution in [2.75, 3.05) is 24.5 Å². The first-order valence-electron chi connectivity index (χ1n) is 10.3. The van der Waals surface area contributed by atoms with Crippen LogP contribution in [0.3, 0.4) is 0 Å². The van der Waals surface area contributed by atoms with Crippen molar-refractivity contribution < 1.29 is 4.79 Å². The summed E-state index contributed by atoms with van der Waals surface area (Å²) >= 11 is 0. The minimum atomic E-state index is 0.0956. The molecule has 2 aromatic heterocycles. The fourth-order valence-corrected chi connectivity index (χ4v) is 4.34. The molecule has 0 unspecified atom stereocenters. The molecule has 0 radical (unpaired) electrons. The molecular formula is C21H30N4O. The van der Waals surface area contributed by atoms with Gasteiger partial charge in [-0.3, -0.25) is 4.79 Å². The number of carbonyl (C=O) groups is 1. The van der Waals surface area contributed by atoms with Crippen LogP contribution < -0.4 is 10.2 Å². The third kappa shape index (κ3) is 4.02. The van der Waals surface area contributed by atoms with Gasteiger partial charge in [0.2, 0.25) is 5.91 Å². The van der Waals surface area contributed by atoms with Gasteiger partial charge in [0.05, 0.1) is 0 Å². The first kappa shape index (κ1) is 17.4. The molecule has 1 aliphatic carbocycles. The number of amides is 1. The molecule has 1 saturated carbocycles. The van der Waals surface area contributed by atoms with Crippen molar-refractivity contribution in [3.63, 3.8) is 0 Å². The van der Waals surface area contributed by atoms with Gasteiger partial charge in [-0.25, -0.2) is 4.98 Å². The van der Waals surface area contributed by atoms with E-state index in [1.165, 1.54) is 51.4 Å². The Kier molecular flexibility index (Phi) is 5.42. The number of pyridine rings is 1. The molecule has 1 saturated heterocycles. The average Bonchev–Trinajstić information content (AvgIpc) is 3.10. The lowest BCUT2D eigenvalue weighted by atomic mass is 9.89. The van der Waals surface area contributed by atoms with Crippen LogP contribution in [-0.4, -0.2) is 35.1 Å². The van der Waals surface area contributed by atoms with Crippen molar-refractivity contribution in [3.05, 3.63) is 24.4 Å². The highest BCUT2D eigenvalue weighted by atomic mass is 16.1. The van der Waals surface area contributed by atoms with E-state index in [1.54, 1.807) is 0 Å². The topological polar surface area (TPSA) is 50.2 Å². The van der Waals surface area contributed by atoms with Crippen molar-refractivity contribution in [1.29, 1.82) is 0 Å². The van der Waals surface area contributed by atoms with E-state index in [0.717, 1.165) is 36.5 Å². The summed E-state index contributed by atoms with van der Waals surface area (Å²) in [5.74, 6) is 1.80. The van der Waals surface area contributed by atoms with Gasteiger partial charge in [-0.15, -0.1) is 0 Å². The first-order chi connectivity index (χ1) is 12.8. The van der Waals surface area contributed by atoms with E-state index in [-0.39, 0.29) is 5.91 Å². The van der Waals surface area contributed by atoms with Crippen LogP contribution in [0.2, 0.25) is 0 Å². The fraction of sp³-hybridized carbons (Fsp3) is 0.619. The minimum absolute atomic E-state index is 0.0956. The first-order valence-corrected chi connectivity index (χ1v) is 10.3. The van der Waals surface area contributed by atoms with Gasteiger partial charge < -0.3 is 14.8 Å². The summed E-state index contributed by atoms with van der Waals surface area (Å²) < 4.78 is 1.99. The molecule has 4 rings (SSSR count). The lowest BCUT2D eigenvalue weighted by Crippen LogP contribution is -2.33. The highest BCUT2D eigenvalue weighted by Crippen LogP contribution is 2.23. The van der Waals surface area contributed by atoms with E-state index in [0.29, 0.717) is 12.5 Å². The molecule has 0 aromatic carbocycles. The number of piperidine rings is 1. The molecule has 5 nitrogen and oxygen atoms in total. The number of nitrogens with zero attached hydrogens (tertiary/aromatic N) is 3. The number of fused-ring (bicyclic) bond motifs is 1. The Bertz CT molecular complexity index is 742. The molecule has 1 amide bonds. The number of rotatable bonds is 5. The van der Waals surface area contributed by atoms with Gasteiger partial charge >= 0.3 is 0 Å². The summed E-state index contributed by atoms with van der Waals surface area (Å²) in [4.78, 5) is 19.6. The maximum atomic E-state index is 12.4. The standard InChI is InChI=1S/C21H30N4O/c26-20(22-15-17-7-3-1-4-8-17)16-25-14-11-18-9-10-19(23-21(18)25)24-12-5-2-6-13-24/h9-11,14,17H,1-8,12-13,15-16H2,(H,22,26). The monoisotopic (exact) mass is 354 g/mol. The Hall–Kier alpha value is -2.04. The average molecular weight is 354 g/mol. The van der Waals surface area contributed by atoms with Crippen molar-refractivity contribution in [2.24, 2.45) is 5.92 Å². The SMILES string of the molecule is O=C(Cn1ccc2ccc(N3CCCCC3)nc21)NCC1CCCCC1. The van der Waals surface area contributed by atoms with Crippen molar-refractivity contribution in [2.45, 2.75) is 57.9 Å². The van der Waals surface area contributed by atoms with E-state index in [9.17, 15) is 4.79 Å². The molecule has 1 N–H and O–H groups in total. The molecule has 1 aliphatic heterocycles. The molecule has 5 heteroatoms. The Morgan fingerprint density at radius 2 is 1.81 bits per heavy atom. The lowest BCUT2D eigenvalue weighted by molar-refractivity contribution is -0.121. The second kappa shape index (κ2) is 8.11. The van der Waals surface area contributed by atoms with Gasteiger partial charge in [0.25, 0.3) is 0 Å². The highest BCUT2D eigenvalue weighted by molar-refractivity contribution is 5.82. The van der Waals surface area contributed by atoms with Crippen LogP contribution in [0, 0.1) is 5.92 Å². The van der Waals surface area contributed by atoms with E-state index in [1.807, 2.05) is 10.8 Å². The number of nitrogens with one attached hydrogen (secondary N) is 1. The smallest absolute Gasteiger partial charge is 0.240 e. The van der Waals surface area contributed by atoms with Gasteiger partial charge in [0.15, 0.2) is 0 Å². The van der Waals surface area contributed by atoms with E-state index in [2.05, 4.69) is 28.4 Å². The molecule has 26 heavy (non-hydrogen) atoms. The normalized spacial score (nSPS) is 19.0. The second-order valence-electron chi connectivity index (χ2n) is 7.88. The van der Waals surface area contributed by atoms with Crippen molar-refractivity contribution >= 4 is 22.8 Å². The molecule has 140 valence electrons. The van der Waals surface area contributed by atoms with E-state index < -0.39 is 0 Å². The summed E-state index contributed by atoms with van der Waals surface area (Å²) in [5.41, 5.74) is 0.917. The summed E-state index contributed by atoms with van der Waals surface area (Å²) in [6, 6.07) is 6.29. The van der Waals surface area contributed by atoms with Crippen LogP contribution in [0.1, 0.15) is 51.4 Å². The molecule has 0 bridgehead atoms. The Labute approximate surface area is 155 Å². The fourth-order valence-electron chi connectivity index (χ4n) is 4.34. The van der Waals surface area contributed by atoms with Crippen LogP contribution in [0.5, 0.6) is 0 Å². The maximum absolute atomic E-state index is 12.4. The second-order valence-corrected chi connectivity index (χ2v) is 7.88. The third-order valence-corrected chi connectivity index (χ3v) is 5.90. The number of aromatic nitrogens is 2. The number of hydrogen-bond acceptors (Lipinski definition) is 3. The summed E-state index contributed by atoms with van der Waals surface area (Å²) in [6.45, 7) is 3.35. The predicted molar refractivity (Wildman–Crippen MR) is 105 cm³/mol. The largest absolute Gasteiger partial charge is 0.357 e. The summed E-state index contributed by atoms with van der Waals surface area (Å²) in [5, 5.41) is 4.24. The molecule has 0 spiro atoms. The summed E-state index contributed by atoms with van der Waals surface area (Å²) in [6.07, 6.45) is 12.3. The Balaban J connectivity index is 1.41. The zero-order chi connectivity index (χ0) is 17.8. The zero-order valence-electron chi connectivity index (χ0n) is 15.6. The lowest BCUT2D eigenvalue weighted by Gasteiger charge is -2.27. The van der Waals surface area contributed by atoms with Crippen molar-refractivity contribution in [3.8, 4) is 0 Å². The Morgan fingerprint density at radius 3 is 2.62 bits per heavy atom. The molecule has 2 fully saturated rings. The van der Waals surface area contributed by atoms with Crippen LogP contribution in [-0.2, 0) is 11.3 Å². The van der Waals surface area contributed by atoms with E-state index in [4.69, 9.17) is 4.98 Å². The van der Waals surface area contributed by atoms with Crippen LogP contribution >= 0.6 is 0 Å². The third-order valence-electron chi connectivity index (χ3n) is 5.90. The van der Waals surface area contributed by atoms with E-state index >= 15 is 0 Å². The van der Waals surface area contributed by atoms with Gasteiger partial charge in [-0.1, -0.05) is 19.3 Å². The molecule has 0 atom stereocenters. The Morgan fingerprint density at radius 1 is 1.04 bits per heavy atom. The molecule has 2 aromatic rings. The minimum Gasteiger partial charge on any atom is -0.357 e. The number of carbonyl (C=O) groups excluding carboxylic acids is 1. The number of anilines is 1. The van der Waals surface area contributed by atoms with Crippen LogP contribution in [0.4, 0.5) is 5.82 Å². The maximum Gasteiger partial charge on any atom is 0.240 e. The van der Waals surface area contributed by atoms with Crippen LogP contribution in [0.25, 0.3) is 11.0 Å². The number of hydrogen-bond donors (Lipinski definition) is 1. The van der Waals surface area contributed by atoms with Gasteiger partial charge in [-0.2, -0.15) is 0 Å². The van der Waals surface area contributed by atoms with Crippen molar-refractivity contribution in [1.82, 2.24) is 14.9 Å². The molecular weight excluding hydrogens is 324 g/mol.